The van der Waals surface area contributed by atoms with Gasteiger partial charge in [-0.2, -0.15) is 0 Å². The lowest BCUT2D eigenvalue weighted by molar-refractivity contribution is 0.0943. The summed E-state index contributed by atoms with van der Waals surface area (Å²) in [5.74, 6) is -1.37. The van der Waals surface area contributed by atoms with Crippen LogP contribution in [0, 0.1) is 0 Å². The Bertz CT molecular complexity index is 1060. The van der Waals surface area contributed by atoms with E-state index < -0.39 is 11.8 Å². The summed E-state index contributed by atoms with van der Waals surface area (Å²) in [6.45, 7) is 0. The number of aromatic amines is 1. The molecule has 0 saturated carbocycles. The first kappa shape index (κ1) is 20.4. The lowest BCUT2D eigenvalue weighted by atomic mass is 10.2. The third-order valence-corrected chi connectivity index (χ3v) is 4.27. The molecule has 0 aliphatic heterocycles. The normalized spacial score (nSPS) is 10.3. The number of rotatable bonds is 5. The molecule has 8 nitrogen and oxygen atoms in total. The number of imidazole rings is 1. The van der Waals surface area contributed by atoms with Crippen LogP contribution in [0.3, 0.4) is 0 Å². The zero-order valence-corrected chi connectivity index (χ0v) is 16.6. The van der Waals surface area contributed by atoms with E-state index in [1.807, 2.05) is 0 Å². The van der Waals surface area contributed by atoms with Gasteiger partial charge in [-0.25, -0.2) is 4.98 Å². The summed E-state index contributed by atoms with van der Waals surface area (Å²) in [5.41, 5.74) is 1.34. The average Bonchev–Trinajstić information content (AvgIpc) is 3.18. The highest BCUT2D eigenvalue weighted by Gasteiger charge is 2.19. The van der Waals surface area contributed by atoms with Gasteiger partial charge >= 0.3 is 0 Å². The highest BCUT2D eigenvalue weighted by atomic mass is 35.5. The summed E-state index contributed by atoms with van der Waals surface area (Å²) >= 11 is 11.8. The SMILES string of the molecule is CNC(=O)c1nc[nH]c1C(=O)Nc1ccc(NC(=O)c2cc(Cl)cc(Cl)c2)cc1. The van der Waals surface area contributed by atoms with E-state index in [4.69, 9.17) is 23.2 Å². The number of amides is 3. The van der Waals surface area contributed by atoms with Crippen molar-refractivity contribution >= 4 is 52.3 Å². The number of halogens is 2. The summed E-state index contributed by atoms with van der Waals surface area (Å²) < 4.78 is 0. The van der Waals surface area contributed by atoms with Gasteiger partial charge in [-0.15, -0.1) is 0 Å². The number of hydrogen-bond donors (Lipinski definition) is 4. The highest BCUT2D eigenvalue weighted by Crippen LogP contribution is 2.21. The van der Waals surface area contributed by atoms with Crippen LogP contribution < -0.4 is 16.0 Å². The van der Waals surface area contributed by atoms with Crippen LogP contribution in [0.2, 0.25) is 10.0 Å². The van der Waals surface area contributed by atoms with Crippen LogP contribution in [0.15, 0.2) is 48.8 Å². The van der Waals surface area contributed by atoms with E-state index in [9.17, 15) is 14.4 Å². The van der Waals surface area contributed by atoms with Crippen molar-refractivity contribution in [3.63, 3.8) is 0 Å². The number of hydrogen-bond acceptors (Lipinski definition) is 4. The Kier molecular flexibility index (Phi) is 6.16. The van der Waals surface area contributed by atoms with Gasteiger partial charge in [0.15, 0.2) is 5.69 Å². The minimum Gasteiger partial charge on any atom is -0.354 e. The number of nitrogens with zero attached hydrogens (tertiary/aromatic N) is 1. The molecule has 0 bridgehead atoms. The van der Waals surface area contributed by atoms with E-state index in [1.54, 1.807) is 24.3 Å². The zero-order chi connectivity index (χ0) is 21.0. The van der Waals surface area contributed by atoms with Crippen molar-refractivity contribution in [3.05, 3.63) is 75.8 Å². The Hall–Kier alpha value is -3.36. The maximum atomic E-state index is 12.4. The smallest absolute Gasteiger partial charge is 0.274 e. The van der Waals surface area contributed by atoms with E-state index in [2.05, 4.69) is 25.9 Å². The molecule has 0 saturated heterocycles. The number of benzene rings is 2. The molecule has 4 N–H and O–H groups in total. The molecule has 3 amide bonds. The number of aromatic nitrogens is 2. The molecule has 148 valence electrons. The molecule has 1 heterocycles. The van der Waals surface area contributed by atoms with Crippen molar-refractivity contribution in [1.29, 1.82) is 0 Å². The van der Waals surface area contributed by atoms with Gasteiger partial charge in [0, 0.05) is 34.0 Å². The molecule has 10 heteroatoms. The van der Waals surface area contributed by atoms with Crippen molar-refractivity contribution in [2.75, 3.05) is 17.7 Å². The topological polar surface area (TPSA) is 116 Å². The van der Waals surface area contributed by atoms with Crippen LogP contribution in [0.25, 0.3) is 0 Å². The largest absolute Gasteiger partial charge is 0.354 e. The second kappa shape index (κ2) is 8.76. The van der Waals surface area contributed by atoms with Gasteiger partial charge in [-0.3, -0.25) is 14.4 Å². The van der Waals surface area contributed by atoms with E-state index >= 15 is 0 Å². The van der Waals surface area contributed by atoms with Crippen LogP contribution in [0.4, 0.5) is 11.4 Å². The third-order valence-electron chi connectivity index (χ3n) is 3.83. The Morgan fingerprint density at radius 2 is 1.41 bits per heavy atom. The van der Waals surface area contributed by atoms with Gasteiger partial charge in [-0.1, -0.05) is 23.2 Å². The number of H-pyrrole nitrogens is 1. The predicted octanol–water partition coefficient (Wildman–Crippen LogP) is 3.58. The Morgan fingerprint density at radius 1 is 0.862 bits per heavy atom. The number of anilines is 2. The highest BCUT2D eigenvalue weighted by molar-refractivity contribution is 6.35. The first-order chi connectivity index (χ1) is 13.9. The first-order valence-electron chi connectivity index (χ1n) is 8.31. The molecule has 0 aliphatic carbocycles. The van der Waals surface area contributed by atoms with Gasteiger partial charge < -0.3 is 20.9 Å². The summed E-state index contributed by atoms with van der Waals surface area (Å²) in [5, 5.41) is 8.50. The van der Waals surface area contributed by atoms with Gasteiger partial charge in [0.1, 0.15) is 5.69 Å². The van der Waals surface area contributed by atoms with Gasteiger partial charge in [-0.05, 0) is 42.5 Å². The fourth-order valence-electron chi connectivity index (χ4n) is 2.48. The van der Waals surface area contributed by atoms with Crippen LogP contribution in [-0.4, -0.2) is 34.7 Å². The van der Waals surface area contributed by atoms with Crippen molar-refractivity contribution in [1.82, 2.24) is 15.3 Å². The molecule has 2 aromatic carbocycles. The van der Waals surface area contributed by atoms with Crippen molar-refractivity contribution in [3.8, 4) is 0 Å². The lowest BCUT2D eigenvalue weighted by Crippen LogP contribution is -2.23. The van der Waals surface area contributed by atoms with Crippen LogP contribution >= 0.6 is 23.2 Å². The Labute approximate surface area is 175 Å². The minimum absolute atomic E-state index is 0.00549. The molecule has 1 aromatic heterocycles. The molecule has 0 atom stereocenters. The molecular weight excluding hydrogens is 417 g/mol. The Balaban J connectivity index is 1.67. The van der Waals surface area contributed by atoms with E-state index in [-0.39, 0.29) is 17.3 Å². The zero-order valence-electron chi connectivity index (χ0n) is 15.0. The quantitative estimate of drug-likeness (QED) is 0.493. The van der Waals surface area contributed by atoms with Crippen molar-refractivity contribution in [2.24, 2.45) is 0 Å². The van der Waals surface area contributed by atoms with Crippen LogP contribution in [0.1, 0.15) is 31.3 Å². The van der Waals surface area contributed by atoms with E-state index in [0.717, 1.165) is 0 Å². The Morgan fingerprint density at radius 3 is 1.97 bits per heavy atom. The molecule has 29 heavy (non-hydrogen) atoms. The van der Waals surface area contributed by atoms with Crippen molar-refractivity contribution in [2.45, 2.75) is 0 Å². The van der Waals surface area contributed by atoms with Gasteiger partial charge in [0.2, 0.25) is 0 Å². The number of carbonyl (C=O) groups is 3. The molecule has 0 spiro atoms. The first-order valence-corrected chi connectivity index (χ1v) is 9.07. The second-order valence-corrected chi connectivity index (χ2v) is 6.72. The molecular formula is C19H15Cl2N5O3. The van der Waals surface area contributed by atoms with Crippen LogP contribution in [0.5, 0.6) is 0 Å². The summed E-state index contributed by atoms with van der Waals surface area (Å²) in [4.78, 5) is 42.9. The van der Waals surface area contributed by atoms with Gasteiger partial charge in [0.05, 0.1) is 6.33 Å². The van der Waals surface area contributed by atoms with Crippen LogP contribution in [-0.2, 0) is 0 Å². The predicted molar refractivity (Wildman–Crippen MR) is 111 cm³/mol. The third kappa shape index (κ3) is 4.92. The average molecular weight is 432 g/mol. The van der Waals surface area contributed by atoms with Crippen molar-refractivity contribution < 1.29 is 14.4 Å². The summed E-state index contributed by atoms with van der Waals surface area (Å²) in [7, 11) is 1.45. The molecule has 3 aromatic rings. The summed E-state index contributed by atoms with van der Waals surface area (Å²) in [6.07, 6.45) is 1.26. The lowest BCUT2D eigenvalue weighted by Gasteiger charge is -2.09. The molecule has 0 unspecified atom stereocenters. The number of nitrogens with one attached hydrogen (secondary N) is 4. The second-order valence-electron chi connectivity index (χ2n) is 5.85. The summed E-state index contributed by atoms with van der Waals surface area (Å²) in [6, 6.07) is 11.0. The fourth-order valence-corrected chi connectivity index (χ4v) is 3.00. The maximum absolute atomic E-state index is 12.4. The van der Waals surface area contributed by atoms with Gasteiger partial charge in [0.25, 0.3) is 17.7 Å². The minimum atomic E-state index is -0.522. The standard InChI is InChI=1S/C19H15Cl2N5O3/c1-22-18(28)15-16(24-9-23-15)19(29)26-14-4-2-13(3-5-14)25-17(27)10-6-11(20)8-12(21)7-10/h2-9H,1H3,(H,22,28)(H,23,24)(H,25,27)(H,26,29). The molecule has 3 rings (SSSR count). The molecule has 0 fully saturated rings. The monoisotopic (exact) mass is 431 g/mol. The number of carbonyl (C=O) groups excluding carboxylic acids is 3. The molecule has 0 aliphatic rings. The maximum Gasteiger partial charge on any atom is 0.274 e. The van der Waals surface area contributed by atoms with E-state index in [0.29, 0.717) is 27.0 Å². The van der Waals surface area contributed by atoms with E-state index in [1.165, 1.54) is 31.6 Å². The fraction of sp³-hybridized carbons (Fsp3) is 0.0526. The molecule has 0 radical (unpaired) electrons.